The van der Waals surface area contributed by atoms with Crippen LogP contribution >= 0.6 is 0 Å². The van der Waals surface area contributed by atoms with Gasteiger partial charge in [0.2, 0.25) is 0 Å². The van der Waals surface area contributed by atoms with Crippen LogP contribution in [0.4, 0.5) is 0 Å². The van der Waals surface area contributed by atoms with Crippen LogP contribution in [0, 0.1) is 10.8 Å². The lowest BCUT2D eigenvalue weighted by Crippen LogP contribution is -2.30. The summed E-state index contributed by atoms with van der Waals surface area (Å²) in [6.07, 6.45) is 0. The molecular formula is C12H19NO3. The second kappa shape index (κ2) is 3.42. The van der Waals surface area contributed by atoms with Gasteiger partial charge in [0.05, 0.1) is 0 Å². The van der Waals surface area contributed by atoms with Crippen LogP contribution < -0.4 is 0 Å². The first kappa shape index (κ1) is 12.9. The number of hydroxylamine groups is 2. The highest BCUT2D eigenvalue weighted by Crippen LogP contribution is 2.41. The number of imide groups is 1. The van der Waals surface area contributed by atoms with Gasteiger partial charge in [-0.05, 0) is 10.8 Å². The standard InChI is InChI=1S/C12H19NO3/c1-11(2,3)7-8(12(4,5)6)10(15)13(16)9(7)14/h16H,1-6H3. The van der Waals surface area contributed by atoms with Crippen molar-refractivity contribution < 1.29 is 14.8 Å². The van der Waals surface area contributed by atoms with Crippen molar-refractivity contribution in [2.24, 2.45) is 10.8 Å². The number of hydrogen-bond acceptors (Lipinski definition) is 3. The van der Waals surface area contributed by atoms with Crippen molar-refractivity contribution in [3.63, 3.8) is 0 Å². The summed E-state index contributed by atoms with van der Waals surface area (Å²) in [7, 11) is 0. The molecule has 0 unspecified atom stereocenters. The molecule has 4 nitrogen and oxygen atoms in total. The molecule has 1 rings (SSSR count). The Morgan fingerprint density at radius 3 is 1.25 bits per heavy atom. The number of carbonyl (C=O) groups excluding carboxylic acids is 2. The molecule has 0 saturated heterocycles. The molecule has 0 fully saturated rings. The highest BCUT2D eigenvalue weighted by atomic mass is 16.5. The molecule has 0 bridgehead atoms. The van der Waals surface area contributed by atoms with Crippen molar-refractivity contribution in [1.82, 2.24) is 5.06 Å². The van der Waals surface area contributed by atoms with E-state index in [1.54, 1.807) is 0 Å². The molecule has 1 aliphatic rings. The maximum atomic E-state index is 11.8. The number of rotatable bonds is 0. The van der Waals surface area contributed by atoms with Crippen molar-refractivity contribution in [1.29, 1.82) is 0 Å². The van der Waals surface area contributed by atoms with Crippen LogP contribution in [0.25, 0.3) is 0 Å². The summed E-state index contributed by atoms with van der Waals surface area (Å²) in [4.78, 5) is 23.6. The summed E-state index contributed by atoms with van der Waals surface area (Å²) in [6.45, 7) is 11.2. The molecule has 1 heterocycles. The quantitative estimate of drug-likeness (QED) is 0.507. The molecular weight excluding hydrogens is 206 g/mol. The van der Waals surface area contributed by atoms with E-state index < -0.39 is 22.6 Å². The normalized spacial score (nSPS) is 18.8. The predicted octanol–water partition coefficient (Wildman–Crippen LogP) is 2.13. The fourth-order valence-corrected chi connectivity index (χ4v) is 1.91. The average molecular weight is 225 g/mol. The lowest BCUT2D eigenvalue weighted by atomic mass is 9.76. The molecule has 0 aromatic rings. The van der Waals surface area contributed by atoms with Gasteiger partial charge in [-0.2, -0.15) is 0 Å². The average Bonchev–Trinajstić information content (AvgIpc) is 2.27. The second-order valence-corrected chi connectivity index (χ2v) is 6.17. The minimum atomic E-state index is -0.595. The topological polar surface area (TPSA) is 57.6 Å². The van der Waals surface area contributed by atoms with E-state index in [4.69, 9.17) is 0 Å². The Morgan fingerprint density at radius 1 is 0.812 bits per heavy atom. The van der Waals surface area contributed by atoms with Gasteiger partial charge in [0, 0.05) is 11.1 Å². The van der Waals surface area contributed by atoms with Gasteiger partial charge in [0.25, 0.3) is 11.8 Å². The summed E-state index contributed by atoms with van der Waals surface area (Å²) in [5.74, 6) is -1.19. The molecule has 0 aliphatic carbocycles. The van der Waals surface area contributed by atoms with Gasteiger partial charge in [-0.15, -0.1) is 5.06 Å². The molecule has 0 spiro atoms. The van der Waals surface area contributed by atoms with E-state index in [2.05, 4.69) is 0 Å². The molecule has 0 aromatic heterocycles. The fraction of sp³-hybridized carbons (Fsp3) is 0.667. The summed E-state index contributed by atoms with van der Waals surface area (Å²) in [6, 6.07) is 0. The minimum absolute atomic E-state index is 0.223. The Morgan fingerprint density at radius 2 is 1.06 bits per heavy atom. The molecule has 0 aromatic carbocycles. The smallest absolute Gasteiger partial charge is 0.278 e. The van der Waals surface area contributed by atoms with E-state index in [-0.39, 0.29) is 5.06 Å². The Kier molecular flexibility index (Phi) is 2.76. The first-order valence-corrected chi connectivity index (χ1v) is 5.31. The van der Waals surface area contributed by atoms with Crippen molar-refractivity contribution in [3.8, 4) is 0 Å². The Labute approximate surface area is 95.9 Å². The lowest BCUT2D eigenvalue weighted by Gasteiger charge is -2.25. The maximum Gasteiger partial charge on any atom is 0.281 e. The number of carbonyl (C=O) groups is 2. The van der Waals surface area contributed by atoms with Gasteiger partial charge in [0.15, 0.2) is 0 Å². The minimum Gasteiger partial charge on any atom is -0.278 e. The van der Waals surface area contributed by atoms with Crippen molar-refractivity contribution in [2.45, 2.75) is 41.5 Å². The third-order valence-electron chi connectivity index (χ3n) is 2.56. The van der Waals surface area contributed by atoms with Gasteiger partial charge in [0.1, 0.15) is 0 Å². The first-order valence-electron chi connectivity index (χ1n) is 5.31. The van der Waals surface area contributed by atoms with Crippen LogP contribution in [0.15, 0.2) is 11.1 Å². The molecule has 0 radical (unpaired) electrons. The van der Waals surface area contributed by atoms with Gasteiger partial charge in [-0.1, -0.05) is 41.5 Å². The summed E-state index contributed by atoms with van der Waals surface area (Å²) in [5.41, 5.74) is -0.0837. The van der Waals surface area contributed by atoms with Crippen LogP contribution in [0.1, 0.15) is 41.5 Å². The molecule has 2 amide bonds. The highest BCUT2D eigenvalue weighted by Gasteiger charge is 2.46. The van der Waals surface area contributed by atoms with E-state index in [1.165, 1.54) is 0 Å². The molecule has 1 N–H and O–H groups in total. The summed E-state index contributed by atoms with van der Waals surface area (Å²) < 4.78 is 0. The monoisotopic (exact) mass is 225 g/mol. The zero-order chi connectivity index (χ0) is 12.9. The largest absolute Gasteiger partial charge is 0.281 e. The maximum absolute atomic E-state index is 11.8. The summed E-state index contributed by atoms with van der Waals surface area (Å²) in [5, 5.41) is 9.65. The van der Waals surface area contributed by atoms with E-state index >= 15 is 0 Å². The van der Waals surface area contributed by atoms with Crippen LogP contribution in [-0.4, -0.2) is 22.1 Å². The molecule has 4 heteroatoms. The SMILES string of the molecule is CC(C)(C)C1=C(C(C)(C)C)C(=O)N(O)C1=O. The van der Waals surface area contributed by atoms with Crippen LogP contribution in [0.5, 0.6) is 0 Å². The third kappa shape index (κ3) is 1.89. The third-order valence-corrected chi connectivity index (χ3v) is 2.56. The van der Waals surface area contributed by atoms with Gasteiger partial charge in [-0.25, -0.2) is 0 Å². The van der Waals surface area contributed by atoms with Crippen LogP contribution in [-0.2, 0) is 9.59 Å². The zero-order valence-electron chi connectivity index (χ0n) is 10.7. The molecule has 0 atom stereocenters. The van der Waals surface area contributed by atoms with Gasteiger partial charge < -0.3 is 0 Å². The van der Waals surface area contributed by atoms with Crippen molar-refractivity contribution >= 4 is 11.8 Å². The first-order chi connectivity index (χ1) is 6.98. The van der Waals surface area contributed by atoms with E-state index in [0.29, 0.717) is 11.1 Å². The molecule has 90 valence electrons. The van der Waals surface area contributed by atoms with Crippen molar-refractivity contribution in [2.75, 3.05) is 0 Å². The molecule has 1 aliphatic heterocycles. The van der Waals surface area contributed by atoms with Gasteiger partial charge in [-0.3, -0.25) is 14.8 Å². The van der Waals surface area contributed by atoms with E-state index in [9.17, 15) is 14.8 Å². The number of amides is 2. The zero-order valence-corrected chi connectivity index (χ0v) is 10.7. The Hall–Kier alpha value is -1.16. The number of hydrogen-bond donors (Lipinski definition) is 1. The van der Waals surface area contributed by atoms with Crippen LogP contribution in [0.2, 0.25) is 0 Å². The Bertz CT molecular complexity index is 344. The van der Waals surface area contributed by atoms with Gasteiger partial charge >= 0.3 is 0 Å². The summed E-state index contributed by atoms with van der Waals surface area (Å²) >= 11 is 0. The van der Waals surface area contributed by atoms with E-state index in [1.807, 2.05) is 41.5 Å². The molecule has 0 saturated carbocycles. The second-order valence-electron chi connectivity index (χ2n) is 6.17. The Balaban J connectivity index is 3.49. The lowest BCUT2D eigenvalue weighted by molar-refractivity contribution is -0.170. The van der Waals surface area contributed by atoms with Crippen molar-refractivity contribution in [3.05, 3.63) is 11.1 Å². The predicted molar refractivity (Wildman–Crippen MR) is 59.6 cm³/mol. The van der Waals surface area contributed by atoms with Crippen LogP contribution in [0.3, 0.4) is 0 Å². The fourth-order valence-electron chi connectivity index (χ4n) is 1.91. The highest BCUT2D eigenvalue weighted by molar-refractivity contribution is 6.19. The van der Waals surface area contributed by atoms with E-state index in [0.717, 1.165) is 0 Å². The number of nitrogens with zero attached hydrogens (tertiary/aromatic N) is 1. The molecule has 16 heavy (non-hydrogen) atoms.